The van der Waals surface area contributed by atoms with Crippen LogP contribution < -0.4 is 10.1 Å². The van der Waals surface area contributed by atoms with E-state index >= 15 is 0 Å². The molecule has 0 unspecified atom stereocenters. The number of halogens is 1. The van der Waals surface area contributed by atoms with E-state index in [1.165, 1.54) is 6.92 Å². The van der Waals surface area contributed by atoms with E-state index in [0.29, 0.717) is 29.3 Å². The molecule has 0 saturated heterocycles. The molecule has 0 heterocycles. The molecule has 7 heteroatoms. The van der Waals surface area contributed by atoms with E-state index in [1.54, 1.807) is 36.4 Å². The number of nitrogens with zero attached hydrogens (tertiary/aromatic N) is 1. The van der Waals surface area contributed by atoms with Gasteiger partial charge in [0.25, 0.3) is 5.91 Å². The largest absolute Gasteiger partial charge is 0.479 e. The Morgan fingerprint density at radius 2 is 1.81 bits per heavy atom. The van der Waals surface area contributed by atoms with Crippen LogP contribution in [-0.2, 0) is 20.7 Å². The Labute approximate surface area is 162 Å². The predicted octanol–water partition coefficient (Wildman–Crippen LogP) is 2.88. The molecule has 140 valence electrons. The highest BCUT2D eigenvalue weighted by atomic mass is 35.5. The third-order valence-electron chi connectivity index (χ3n) is 3.62. The quantitative estimate of drug-likeness (QED) is 0.705. The van der Waals surface area contributed by atoms with Crippen LogP contribution in [0.5, 0.6) is 5.75 Å². The minimum absolute atomic E-state index is 0.374. The minimum Gasteiger partial charge on any atom is -0.479 e. The number of rotatable bonds is 8. The fourth-order valence-electron chi connectivity index (χ4n) is 2.16. The molecule has 0 radical (unpaired) electrons. The van der Waals surface area contributed by atoms with Crippen molar-refractivity contribution in [3.8, 4) is 11.8 Å². The van der Waals surface area contributed by atoms with E-state index in [9.17, 15) is 9.59 Å². The number of nitriles is 1. The van der Waals surface area contributed by atoms with Gasteiger partial charge in [-0.05, 0) is 55.3 Å². The minimum atomic E-state index is -0.875. The second kappa shape index (κ2) is 10.2. The molecule has 0 saturated carbocycles. The molecule has 6 nitrogen and oxygen atoms in total. The Morgan fingerprint density at radius 1 is 1.15 bits per heavy atom. The van der Waals surface area contributed by atoms with Gasteiger partial charge in [-0.2, -0.15) is 5.26 Å². The Morgan fingerprint density at radius 3 is 2.44 bits per heavy atom. The summed E-state index contributed by atoms with van der Waals surface area (Å²) < 4.78 is 10.4. The summed E-state index contributed by atoms with van der Waals surface area (Å²) in [6.07, 6.45) is -0.227. The lowest BCUT2D eigenvalue weighted by Gasteiger charge is -2.14. The number of benzene rings is 2. The van der Waals surface area contributed by atoms with Crippen LogP contribution in [0.2, 0.25) is 5.02 Å². The second-order valence-corrected chi connectivity index (χ2v) is 6.17. The van der Waals surface area contributed by atoms with E-state index in [1.807, 2.05) is 18.2 Å². The number of esters is 1. The van der Waals surface area contributed by atoms with Crippen molar-refractivity contribution in [2.45, 2.75) is 19.4 Å². The van der Waals surface area contributed by atoms with Gasteiger partial charge in [-0.15, -0.1) is 0 Å². The molecular weight excluding hydrogens is 368 g/mol. The maximum atomic E-state index is 11.9. The maximum absolute atomic E-state index is 11.9. The lowest BCUT2D eigenvalue weighted by atomic mass is 10.1. The molecule has 0 bridgehead atoms. The average molecular weight is 387 g/mol. The van der Waals surface area contributed by atoms with E-state index in [4.69, 9.17) is 26.3 Å². The molecule has 0 aliphatic heterocycles. The maximum Gasteiger partial charge on any atom is 0.347 e. The SMILES string of the molecule is C[C@@H](Oc1ccc(C#N)cc1)C(=O)OCC(=O)NCCc1ccc(Cl)cc1. The van der Waals surface area contributed by atoms with Gasteiger partial charge in [0, 0.05) is 11.6 Å². The Balaban J connectivity index is 1.68. The molecule has 0 aliphatic carbocycles. The zero-order valence-corrected chi connectivity index (χ0v) is 15.5. The average Bonchev–Trinajstić information content (AvgIpc) is 2.68. The second-order valence-electron chi connectivity index (χ2n) is 5.73. The highest BCUT2D eigenvalue weighted by Gasteiger charge is 2.17. The smallest absolute Gasteiger partial charge is 0.347 e. The number of nitrogens with one attached hydrogen (secondary N) is 1. The molecule has 0 aromatic heterocycles. The summed E-state index contributed by atoms with van der Waals surface area (Å²) in [7, 11) is 0. The molecule has 1 N–H and O–H groups in total. The molecule has 2 rings (SSSR count). The zero-order chi connectivity index (χ0) is 19.6. The third-order valence-corrected chi connectivity index (χ3v) is 3.87. The van der Waals surface area contributed by atoms with E-state index in [2.05, 4.69) is 5.32 Å². The molecular formula is C20H19ClN2O4. The fraction of sp³-hybridized carbons (Fsp3) is 0.250. The summed E-state index contributed by atoms with van der Waals surface area (Å²) >= 11 is 5.82. The number of hydrogen-bond acceptors (Lipinski definition) is 5. The highest BCUT2D eigenvalue weighted by Crippen LogP contribution is 2.14. The summed E-state index contributed by atoms with van der Waals surface area (Å²) in [5.41, 5.74) is 1.54. The van der Waals surface area contributed by atoms with Gasteiger partial charge in [-0.25, -0.2) is 4.79 Å². The number of carbonyl (C=O) groups is 2. The topological polar surface area (TPSA) is 88.4 Å². The van der Waals surface area contributed by atoms with Gasteiger partial charge in [0.05, 0.1) is 11.6 Å². The van der Waals surface area contributed by atoms with Crippen molar-refractivity contribution in [1.82, 2.24) is 5.32 Å². The van der Waals surface area contributed by atoms with Crippen LogP contribution in [0.4, 0.5) is 0 Å². The number of hydrogen-bond donors (Lipinski definition) is 1. The van der Waals surface area contributed by atoms with Crippen LogP contribution in [0.3, 0.4) is 0 Å². The van der Waals surface area contributed by atoms with Crippen LogP contribution in [0.25, 0.3) is 0 Å². The molecule has 1 amide bonds. The fourth-order valence-corrected chi connectivity index (χ4v) is 2.29. The normalized spacial score (nSPS) is 11.1. The number of carbonyl (C=O) groups excluding carboxylic acids is 2. The molecule has 0 fully saturated rings. The van der Waals surface area contributed by atoms with Crippen molar-refractivity contribution in [1.29, 1.82) is 5.26 Å². The zero-order valence-electron chi connectivity index (χ0n) is 14.8. The first-order valence-electron chi connectivity index (χ1n) is 8.32. The molecule has 1 atom stereocenters. The molecule has 2 aromatic carbocycles. The first kappa shape index (κ1) is 20.3. The van der Waals surface area contributed by atoms with Crippen molar-refractivity contribution < 1.29 is 19.1 Å². The first-order valence-corrected chi connectivity index (χ1v) is 8.70. The van der Waals surface area contributed by atoms with Crippen molar-refractivity contribution in [3.05, 3.63) is 64.7 Å². The van der Waals surface area contributed by atoms with Gasteiger partial charge in [-0.3, -0.25) is 4.79 Å². The van der Waals surface area contributed by atoms with E-state index in [0.717, 1.165) is 5.56 Å². The van der Waals surface area contributed by atoms with Crippen molar-refractivity contribution >= 4 is 23.5 Å². The highest BCUT2D eigenvalue weighted by molar-refractivity contribution is 6.30. The van der Waals surface area contributed by atoms with Crippen molar-refractivity contribution in [2.24, 2.45) is 0 Å². The summed E-state index contributed by atoms with van der Waals surface area (Å²) in [5.74, 6) is -0.596. The van der Waals surface area contributed by atoms with Crippen LogP contribution in [-0.4, -0.2) is 31.1 Å². The van der Waals surface area contributed by atoms with Crippen LogP contribution >= 0.6 is 11.6 Å². The molecule has 27 heavy (non-hydrogen) atoms. The summed E-state index contributed by atoms with van der Waals surface area (Å²) in [5, 5.41) is 12.1. The number of ether oxygens (including phenoxy) is 2. The molecule has 2 aromatic rings. The predicted molar refractivity (Wildman–Crippen MR) is 100 cm³/mol. The monoisotopic (exact) mass is 386 g/mol. The Bertz CT molecular complexity index is 813. The third kappa shape index (κ3) is 7.00. The van der Waals surface area contributed by atoms with Crippen LogP contribution in [0.15, 0.2) is 48.5 Å². The van der Waals surface area contributed by atoms with Crippen molar-refractivity contribution in [2.75, 3.05) is 13.2 Å². The Kier molecular flexibility index (Phi) is 7.65. The summed E-state index contributed by atoms with van der Waals surface area (Å²) in [4.78, 5) is 23.7. The standard InChI is InChI=1S/C20H19ClN2O4/c1-14(27-18-8-4-16(12-22)5-9-18)20(25)26-13-19(24)23-11-10-15-2-6-17(21)7-3-15/h2-9,14H,10-11,13H2,1H3,(H,23,24)/t14-/m1/s1. The van der Waals surface area contributed by atoms with Crippen LogP contribution in [0.1, 0.15) is 18.1 Å². The Hall–Kier alpha value is -3.04. The van der Waals surface area contributed by atoms with Crippen molar-refractivity contribution in [3.63, 3.8) is 0 Å². The summed E-state index contributed by atoms with van der Waals surface area (Å²) in [6, 6.07) is 15.7. The number of amides is 1. The van der Waals surface area contributed by atoms with Gasteiger partial charge in [0.15, 0.2) is 12.7 Å². The van der Waals surface area contributed by atoms with E-state index in [-0.39, 0.29) is 12.5 Å². The molecule has 0 aliphatic rings. The molecule has 0 spiro atoms. The van der Waals surface area contributed by atoms with Gasteiger partial charge in [-0.1, -0.05) is 23.7 Å². The van der Waals surface area contributed by atoms with Gasteiger partial charge in [0.1, 0.15) is 5.75 Å². The lowest BCUT2D eigenvalue weighted by molar-refractivity contribution is -0.154. The summed E-state index contributed by atoms with van der Waals surface area (Å²) in [6.45, 7) is 1.58. The van der Waals surface area contributed by atoms with E-state index < -0.39 is 12.1 Å². The lowest BCUT2D eigenvalue weighted by Crippen LogP contribution is -2.33. The van der Waals surface area contributed by atoms with Gasteiger partial charge >= 0.3 is 5.97 Å². The van der Waals surface area contributed by atoms with Gasteiger partial charge in [0.2, 0.25) is 0 Å². The van der Waals surface area contributed by atoms with Gasteiger partial charge < -0.3 is 14.8 Å². The first-order chi connectivity index (χ1) is 13.0. The van der Waals surface area contributed by atoms with Crippen LogP contribution in [0, 0.1) is 11.3 Å².